The molecule has 0 aliphatic carbocycles. The normalized spacial score (nSPS) is 18.7. The van der Waals surface area contributed by atoms with Crippen LogP contribution in [0.25, 0.3) is 0 Å². The molecule has 0 aromatic heterocycles. The molecule has 1 aromatic rings. The van der Waals surface area contributed by atoms with Crippen LogP contribution in [0.3, 0.4) is 0 Å². The Morgan fingerprint density at radius 3 is 2.42 bits per heavy atom. The highest BCUT2D eigenvalue weighted by Gasteiger charge is 2.33. The van der Waals surface area contributed by atoms with E-state index in [0.29, 0.717) is 26.1 Å². The molecule has 8 heteroatoms. The first-order valence-electron chi connectivity index (χ1n) is 8.80. The smallest absolute Gasteiger partial charge is 0.237 e. The van der Waals surface area contributed by atoms with Gasteiger partial charge in [-0.15, -0.1) is 0 Å². The summed E-state index contributed by atoms with van der Waals surface area (Å²) in [5.74, 6) is 1.73. The van der Waals surface area contributed by atoms with Crippen molar-refractivity contribution in [3.8, 4) is 11.5 Å². The molecule has 1 atom stereocenters. The Labute approximate surface area is 155 Å². The maximum atomic E-state index is 12.5. The Morgan fingerprint density at radius 1 is 1.23 bits per heavy atom. The number of rotatable bonds is 9. The third-order valence-electron chi connectivity index (χ3n) is 4.52. The van der Waals surface area contributed by atoms with Gasteiger partial charge in [-0.1, -0.05) is 0 Å². The zero-order valence-corrected chi connectivity index (χ0v) is 16.5. The van der Waals surface area contributed by atoms with Gasteiger partial charge in [0.1, 0.15) is 18.1 Å². The van der Waals surface area contributed by atoms with Gasteiger partial charge >= 0.3 is 0 Å². The van der Waals surface area contributed by atoms with E-state index >= 15 is 0 Å². The van der Waals surface area contributed by atoms with Crippen LogP contribution < -0.4 is 9.47 Å². The zero-order chi connectivity index (χ0) is 19.2. The van der Waals surface area contributed by atoms with E-state index in [9.17, 15) is 13.2 Å². The number of carbonyl (C=O) groups excluding carboxylic acids is 1. The van der Waals surface area contributed by atoms with E-state index < -0.39 is 9.84 Å². The molecule has 7 nitrogen and oxygen atoms in total. The van der Waals surface area contributed by atoms with Crippen molar-refractivity contribution in [2.24, 2.45) is 0 Å². The predicted molar refractivity (Wildman–Crippen MR) is 100 cm³/mol. The maximum Gasteiger partial charge on any atom is 0.237 e. The second-order valence-corrected chi connectivity index (χ2v) is 8.73. The van der Waals surface area contributed by atoms with Gasteiger partial charge in [-0.05, 0) is 44.7 Å². The summed E-state index contributed by atoms with van der Waals surface area (Å²) in [5.41, 5.74) is 0. The second kappa shape index (κ2) is 9.23. The Hall–Kier alpha value is -1.80. The lowest BCUT2D eigenvalue weighted by molar-refractivity contribution is -0.133. The first-order valence-corrected chi connectivity index (χ1v) is 10.6. The SMILES string of the molecule is CCN(C(=O)CN(C)CCOc1ccc(OC)cc1)C1CCS(=O)(=O)C1. The highest BCUT2D eigenvalue weighted by molar-refractivity contribution is 7.91. The Kier molecular flexibility index (Phi) is 7.28. The van der Waals surface area contributed by atoms with Gasteiger partial charge in [0.05, 0.1) is 25.2 Å². The average Bonchev–Trinajstić information content (AvgIpc) is 2.95. The van der Waals surface area contributed by atoms with Crippen molar-refractivity contribution in [1.82, 2.24) is 9.80 Å². The van der Waals surface area contributed by atoms with Gasteiger partial charge in [-0.3, -0.25) is 9.69 Å². The van der Waals surface area contributed by atoms with Crippen LogP contribution in [0.5, 0.6) is 11.5 Å². The van der Waals surface area contributed by atoms with Crippen molar-refractivity contribution < 1.29 is 22.7 Å². The molecular formula is C18H28N2O5S. The fraction of sp³-hybridized carbons (Fsp3) is 0.611. The predicted octanol–water partition coefficient (Wildman–Crippen LogP) is 1.04. The summed E-state index contributed by atoms with van der Waals surface area (Å²) >= 11 is 0. The molecule has 1 saturated heterocycles. The molecule has 1 amide bonds. The van der Waals surface area contributed by atoms with E-state index in [1.165, 1.54) is 0 Å². The number of hydrogen-bond acceptors (Lipinski definition) is 6. The van der Waals surface area contributed by atoms with Crippen LogP contribution in [0.1, 0.15) is 13.3 Å². The number of carbonyl (C=O) groups is 1. The zero-order valence-electron chi connectivity index (χ0n) is 15.7. The van der Waals surface area contributed by atoms with Crippen LogP contribution in [0.2, 0.25) is 0 Å². The summed E-state index contributed by atoms with van der Waals surface area (Å²) in [7, 11) is 0.470. The Bertz CT molecular complexity index is 690. The van der Waals surface area contributed by atoms with E-state index in [2.05, 4.69) is 0 Å². The van der Waals surface area contributed by atoms with E-state index in [4.69, 9.17) is 9.47 Å². The Morgan fingerprint density at radius 2 is 1.88 bits per heavy atom. The second-order valence-electron chi connectivity index (χ2n) is 6.50. The van der Waals surface area contributed by atoms with Crippen LogP contribution in [0, 0.1) is 0 Å². The molecule has 1 heterocycles. The highest BCUT2D eigenvalue weighted by Crippen LogP contribution is 2.18. The summed E-state index contributed by atoms with van der Waals surface area (Å²) in [6, 6.07) is 7.14. The molecule has 0 spiro atoms. The average molecular weight is 384 g/mol. The molecule has 0 saturated carbocycles. The molecule has 1 aliphatic heterocycles. The maximum absolute atomic E-state index is 12.5. The van der Waals surface area contributed by atoms with Crippen molar-refractivity contribution in [1.29, 1.82) is 0 Å². The van der Waals surface area contributed by atoms with Gasteiger partial charge < -0.3 is 14.4 Å². The van der Waals surface area contributed by atoms with E-state index in [-0.39, 0.29) is 30.0 Å². The van der Waals surface area contributed by atoms with Crippen LogP contribution >= 0.6 is 0 Å². The Balaban J connectivity index is 1.76. The lowest BCUT2D eigenvalue weighted by Gasteiger charge is -2.29. The van der Waals surface area contributed by atoms with Gasteiger partial charge in [0.15, 0.2) is 9.84 Å². The van der Waals surface area contributed by atoms with Gasteiger partial charge in [0, 0.05) is 19.1 Å². The quantitative estimate of drug-likeness (QED) is 0.633. The van der Waals surface area contributed by atoms with E-state index in [1.54, 1.807) is 12.0 Å². The summed E-state index contributed by atoms with van der Waals surface area (Å²) in [4.78, 5) is 16.1. The fourth-order valence-corrected chi connectivity index (χ4v) is 4.78. The molecule has 0 N–H and O–H groups in total. The van der Waals surface area contributed by atoms with Crippen molar-refractivity contribution in [2.75, 3.05) is 51.9 Å². The first-order chi connectivity index (χ1) is 12.3. The first kappa shape index (κ1) is 20.5. The lowest BCUT2D eigenvalue weighted by atomic mass is 10.2. The largest absolute Gasteiger partial charge is 0.497 e. The van der Waals surface area contributed by atoms with Crippen LogP contribution in [0.15, 0.2) is 24.3 Å². The third-order valence-corrected chi connectivity index (χ3v) is 6.27. The fourth-order valence-electron chi connectivity index (χ4n) is 3.05. The van der Waals surface area contributed by atoms with Crippen molar-refractivity contribution in [3.63, 3.8) is 0 Å². The molecule has 146 valence electrons. The van der Waals surface area contributed by atoms with Gasteiger partial charge in [0.2, 0.25) is 5.91 Å². The minimum absolute atomic E-state index is 0.0402. The molecule has 0 bridgehead atoms. The third kappa shape index (κ3) is 5.88. The van der Waals surface area contributed by atoms with Crippen molar-refractivity contribution >= 4 is 15.7 Å². The monoisotopic (exact) mass is 384 g/mol. The molecule has 1 aromatic carbocycles. The number of amides is 1. The number of likely N-dealkylation sites (N-methyl/N-ethyl adjacent to an activating group) is 2. The van der Waals surface area contributed by atoms with Gasteiger partial charge in [-0.25, -0.2) is 8.42 Å². The van der Waals surface area contributed by atoms with E-state index in [0.717, 1.165) is 11.5 Å². The number of ether oxygens (including phenoxy) is 2. The van der Waals surface area contributed by atoms with Crippen molar-refractivity contribution in [3.05, 3.63) is 24.3 Å². The lowest BCUT2D eigenvalue weighted by Crippen LogP contribution is -2.46. The summed E-state index contributed by atoms with van der Waals surface area (Å²) in [5, 5.41) is 0. The molecule has 1 unspecified atom stereocenters. The summed E-state index contributed by atoms with van der Waals surface area (Å²) < 4.78 is 34.1. The minimum Gasteiger partial charge on any atom is -0.497 e. The molecular weight excluding hydrogens is 356 g/mol. The number of benzene rings is 1. The molecule has 1 fully saturated rings. The molecule has 1 aliphatic rings. The molecule has 26 heavy (non-hydrogen) atoms. The van der Waals surface area contributed by atoms with Crippen LogP contribution in [-0.2, 0) is 14.6 Å². The molecule has 0 radical (unpaired) electrons. The number of nitrogens with zero attached hydrogens (tertiary/aromatic N) is 2. The highest BCUT2D eigenvalue weighted by atomic mass is 32.2. The summed E-state index contributed by atoms with van der Waals surface area (Å²) in [6.07, 6.45) is 0.534. The topological polar surface area (TPSA) is 76.2 Å². The van der Waals surface area contributed by atoms with E-state index in [1.807, 2.05) is 43.1 Å². The van der Waals surface area contributed by atoms with Crippen molar-refractivity contribution in [2.45, 2.75) is 19.4 Å². The number of hydrogen-bond donors (Lipinski definition) is 0. The van der Waals surface area contributed by atoms with Gasteiger partial charge in [-0.2, -0.15) is 0 Å². The summed E-state index contributed by atoms with van der Waals surface area (Å²) in [6.45, 7) is 3.71. The molecule has 2 rings (SSSR count). The van der Waals surface area contributed by atoms with Gasteiger partial charge in [0.25, 0.3) is 0 Å². The van der Waals surface area contributed by atoms with Crippen LogP contribution in [0.4, 0.5) is 0 Å². The van der Waals surface area contributed by atoms with Crippen LogP contribution in [-0.4, -0.2) is 82.1 Å². The number of methoxy groups -OCH3 is 1. The standard InChI is InChI=1S/C18H28N2O5S/c1-4-20(15-9-12-26(22,23)14-15)18(21)13-19(2)10-11-25-17-7-5-16(24-3)6-8-17/h5-8,15H,4,9-14H2,1-3H3. The number of sulfone groups is 1. The minimum atomic E-state index is -3.00.